The predicted octanol–water partition coefficient (Wildman–Crippen LogP) is -6.13. The highest BCUT2D eigenvalue weighted by Gasteiger charge is 2.43. The van der Waals surface area contributed by atoms with Gasteiger partial charge in [0.25, 0.3) is 0 Å². The molecule has 1 fully saturated rings. The van der Waals surface area contributed by atoms with Gasteiger partial charge in [-0.2, -0.15) is 4.98 Å². The molecule has 0 bridgehead atoms. The third-order valence-electron chi connectivity index (χ3n) is 3.61. The Balaban J connectivity index is 0. The lowest BCUT2D eigenvalue weighted by atomic mass is 10.1. The summed E-state index contributed by atoms with van der Waals surface area (Å²) in [5.41, 5.74) is 4.63. The minimum absolute atomic E-state index is 0.0537. The Labute approximate surface area is 201 Å². The SMILES string of the molecule is Nc1ccn([C@@H]2O[C@H](CO)[C@@H](O)[C@H]2O)c(=O)n1.O=CCC(O)C(O)CO.O=P(O)(O)O.O=P(O)(O)O. The Hall–Kier alpha value is -1.71. The van der Waals surface area contributed by atoms with Crippen LogP contribution in [0.15, 0.2) is 17.1 Å². The minimum atomic E-state index is -4.64. The summed E-state index contributed by atoms with van der Waals surface area (Å²) in [7, 11) is -9.28. The molecule has 2 heterocycles. The first-order valence-electron chi connectivity index (χ1n) is 9.21. The number of hydrogen-bond acceptors (Lipinski definition) is 13. The Morgan fingerprint density at radius 2 is 1.50 bits per heavy atom. The van der Waals surface area contributed by atoms with Gasteiger partial charge in [0.05, 0.1) is 19.3 Å². The fraction of sp³-hybridized carbons (Fsp3) is 0.643. The molecule has 20 nitrogen and oxygen atoms in total. The molecule has 36 heavy (non-hydrogen) atoms. The smallest absolute Gasteiger partial charge is 0.394 e. The molecule has 0 saturated carbocycles. The number of nitrogens with zero attached hydrogens (tertiary/aromatic N) is 2. The van der Waals surface area contributed by atoms with Gasteiger partial charge < -0.3 is 75.3 Å². The summed E-state index contributed by atoms with van der Waals surface area (Å²) in [6.07, 6.45) is -5.24. The van der Waals surface area contributed by atoms with E-state index >= 15 is 0 Å². The van der Waals surface area contributed by atoms with Crippen LogP contribution >= 0.6 is 15.6 Å². The number of carbonyl (C=O) groups excluding carboxylic acids is 1. The van der Waals surface area contributed by atoms with E-state index in [0.29, 0.717) is 6.29 Å². The van der Waals surface area contributed by atoms with E-state index in [1.807, 2.05) is 0 Å². The zero-order valence-electron chi connectivity index (χ0n) is 18.1. The van der Waals surface area contributed by atoms with Crippen molar-refractivity contribution < 1.29 is 78.7 Å². The largest absolute Gasteiger partial charge is 0.466 e. The van der Waals surface area contributed by atoms with Gasteiger partial charge in [0.15, 0.2) is 6.23 Å². The molecular formula is C14H29N3O17P2. The van der Waals surface area contributed by atoms with E-state index in [1.165, 1.54) is 12.3 Å². The summed E-state index contributed by atoms with van der Waals surface area (Å²) in [6.45, 7) is -0.971. The summed E-state index contributed by atoms with van der Waals surface area (Å²) in [5.74, 6) is 0.0537. The van der Waals surface area contributed by atoms with Crippen LogP contribution in [-0.2, 0) is 18.7 Å². The Bertz CT molecular complexity index is 884. The molecule has 6 atom stereocenters. The number of rotatable bonds is 6. The first kappa shape index (κ1) is 36.4. The highest BCUT2D eigenvalue weighted by atomic mass is 31.2. The molecule has 14 N–H and O–H groups in total. The topological polar surface area (TPSA) is 364 Å². The van der Waals surface area contributed by atoms with E-state index in [2.05, 4.69) is 4.98 Å². The predicted molar refractivity (Wildman–Crippen MR) is 114 cm³/mol. The van der Waals surface area contributed by atoms with Gasteiger partial charge in [-0.25, -0.2) is 13.9 Å². The molecule has 1 aliphatic rings. The molecule has 0 amide bonds. The quantitative estimate of drug-likeness (QED) is 0.111. The van der Waals surface area contributed by atoms with Gasteiger partial charge in [-0.1, -0.05) is 0 Å². The Morgan fingerprint density at radius 3 is 1.83 bits per heavy atom. The van der Waals surface area contributed by atoms with Gasteiger partial charge in [-0.3, -0.25) is 4.57 Å². The van der Waals surface area contributed by atoms with Crippen molar-refractivity contribution in [2.24, 2.45) is 0 Å². The summed E-state index contributed by atoms with van der Waals surface area (Å²) in [6, 6.07) is 1.37. The number of nitrogen functional groups attached to an aromatic ring is 1. The molecule has 0 spiro atoms. The Morgan fingerprint density at radius 1 is 1.03 bits per heavy atom. The molecule has 2 unspecified atom stereocenters. The average molecular weight is 573 g/mol. The number of phosphoric acid groups is 2. The van der Waals surface area contributed by atoms with E-state index in [9.17, 15) is 19.8 Å². The van der Waals surface area contributed by atoms with Gasteiger partial charge in [0, 0.05) is 12.6 Å². The van der Waals surface area contributed by atoms with Crippen LogP contribution in [0, 0.1) is 0 Å². The molecule has 2 rings (SSSR count). The van der Waals surface area contributed by atoms with Crippen molar-refractivity contribution in [3.8, 4) is 0 Å². The second-order valence-corrected chi connectivity index (χ2v) is 8.57. The van der Waals surface area contributed by atoms with Crippen molar-refractivity contribution in [1.29, 1.82) is 0 Å². The molecule has 1 saturated heterocycles. The van der Waals surface area contributed by atoms with Gasteiger partial charge in [0.1, 0.15) is 36.5 Å². The van der Waals surface area contributed by atoms with E-state index in [-0.39, 0.29) is 12.2 Å². The highest BCUT2D eigenvalue weighted by molar-refractivity contribution is 7.45. The van der Waals surface area contributed by atoms with Crippen molar-refractivity contribution in [3.63, 3.8) is 0 Å². The zero-order valence-corrected chi connectivity index (χ0v) is 19.9. The van der Waals surface area contributed by atoms with Crippen LogP contribution in [-0.4, -0.2) is 120 Å². The van der Waals surface area contributed by atoms with E-state index in [1.54, 1.807) is 0 Å². The summed E-state index contributed by atoms with van der Waals surface area (Å²) in [4.78, 5) is 67.8. The number of aliphatic hydroxyl groups excluding tert-OH is 6. The van der Waals surface area contributed by atoms with E-state index in [4.69, 9.17) is 69.4 Å². The van der Waals surface area contributed by atoms with Crippen molar-refractivity contribution >= 4 is 27.7 Å². The maximum atomic E-state index is 11.5. The van der Waals surface area contributed by atoms with Crippen molar-refractivity contribution in [2.45, 2.75) is 43.2 Å². The Kier molecular flexibility index (Phi) is 17.1. The lowest BCUT2D eigenvalue weighted by Crippen LogP contribution is -2.36. The average Bonchev–Trinajstić information content (AvgIpc) is 3.00. The molecule has 0 aromatic carbocycles. The molecule has 1 aromatic heterocycles. The third-order valence-corrected chi connectivity index (χ3v) is 3.61. The van der Waals surface area contributed by atoms with Gasteiger partial charge in [0.2, 0.25) is 0 Å². The third kappa shape index (κ3) is 17.7. The lowest BCUT2D eigenvalue weighted by Gasteiger charge is -2.16. The fourth-order valence-electron chi connectivity index (χ4n) is 2.11. The fourth-order valence-corrected chi connectivity index (χ4v) is 2.11. The molecule has 0 aliphatic carbocycles. The van der Waals surface area contributed by atoms with Crippen LogP contribution in [0.2, 0.25) is 0 Å². The van der Waals surface area contributed by atoms with Crippen molar-refractivity contribution in [1.82, 2.24) is 9.55 Å². The second-order valence-electron chi connectivity index (χ2n) is 6.52. The number of aromatic nitrogens is 2. The van der Waals surface area contributed by atoms with Gasteiger partial charge in [-0.05, 0) is 6.07 Å². The zero-order chi connectivity index (χ0) is 28.9. The number of aliphatic hydroxyl groups is 6. The standard InChI is InChI=1S/C9H13N3O5.C5H10O4.2H3O4P/c10-5-1-2-12(9(16)11-5)8-7(15)6(14)4(3-13)17-8;6-2-1-4(8)5(9)3-7;2*1-5(2,3)4/h1-2,4,6-8,13-15H,3H2,(H2,10,11,16);2,4-5,7-9H,1,3H2;2*(H3,1,2,3,4)/t4-,6-,7-,8-;;;/m1.../s1. The maximum Gasteiger partial charge on any atom is 0.466 e. The second kappa shape index (κ2) is 16.9. The molecule has 212 valence electrons. The number of anilines is 1. The first-order chi connectivity index (χ1) is 16.3. The van der Waals surface area contributed by atoms with Crippen molar-refractivity contribution in [2.75, 3.05) is 18.9 Å². The number of nitrogens with two attached hydrogens (primary N) is 1. The number of aldehydes is 1. The lowest BCUT2D eigenvalue weighted by molar-refractivity contribution is -0.111. The van der Waals surface area contributed by atoms with Crippen LogP contribution < -0.4 is 11.4 Å². The maximum absolute atomic E-state index is 11.5. The minimum Gasteiger partial charge on any atom is -0.394 e. The molecule has 1 aromatic rings. The van der Waals surface area contributed by atoms with Crippen LogP contribution in [0.4, 0.5) is 5.82 Å². The van der Waals surface area contributed by atoms with E-state index < -0.39 is 71.3 Å². The number of hydrogen-bond donors (Lipinski definition) is 13. The van der Waals surface area contributed by atoms with Crippen molar-refractivity contribution in [3.05, 3.63) is 22.7 Å². The van der Waals surface area contributed by atoms with Crippen LogP contribution in [0.1, 0.15) is 12.6 Å². The monoisotopic (exact) mass is 573 g/mol. The van der Waals surface area contributed by atoms with E-state index in [0.717, 1.165) is 4.57 Å². The molecular weight excluding hydrogens is 544 g/mol. The molecule has 22 heteroatoms. The number of ether oxygens (including phenoxy) is 1. The summed E-state index contributed by atoms with van der Waals surface area (Å²) >= 11 is 0. The highest BCUT2D eigenvalue weighted by Crippen LogP contribution is 2.28. The normalized spacial score (nSPS) is 23.0. The molecule has 1 aliphatic heterocycles. The first-order valence-corrected chi connectivity index (χ1v) is 12.3. The van der Waals surface area contributed by atoms with Crippen LogP contribution in [0.5, 0.6) is 0 Å². The summed E-state index contributed by atoms with van der Waals surface area (Å²) < 4.78 is 24.0. The molecule has 0 radical (unpaired) electrons. The van der Waals surface area contributed by atoms with Crippen LogP contribution in [0.3, 0.4) is 0 Å². The number of carbonyl (C=O) groups is 1. The van der Waals surface area contributed by atoms with Gasteiger partial charge >= 0.3 is 21.3 Å². The van der Waals surface area contributed by atoms with Crippen LogP contribution in [0.25, 0.3) is 0 Å². The van der Waals surface area contributed by atoms with Gasteiger partial charge in [-0.15, -0.1) is 0 Å². The summed E-state index contributed by atoms with van der Waals surface area (Å²) in [5, 5.41) is 53.6.